The minimum Gasteiger partial charge on any atom is -0.394 e. The van der Waals surface area contributed by atoms with E-state index in [0.29, 0.717) is 25.2 Å². The van der Waals surface area contributed by atoms with Crippen LogP contribution in [0.3, 0.4) is 0 Å². The summed E-state index contributed by atoms with van der Waals surface area (Å²) in [6.45, 7) is 1.10. The predicted molar refractivity (Wildman–Crippen MR) is 71.8 cm³/mol. The second kappa shape index (κ2) is 5.42. The number of carbonyl (C=O) groups is 1. The number of pyridine rings is 1. The number of aryl methyl sites for hydroxylation is 1. The first kappa shape index (κ1) is 12.8. The van der Waals surface area contributed by atoms with E-state index in [1.165, 1.54) is 0 Å². The van der Waals surface area contributed by atoms with Crippen molar-refractivity contribution >= 4 is 5.91 Å². The van der Waals surface area contributed by atoms with E-state index in [0.717, 1.165) is 5.69 Å². The fraction of sp³-hybridized carbons (Fsp3) is 0.357. The third kappa shape index (κ3) is 2.30. The first-order valence-corrected chi connectivity index (χ1v) is 6.63. The molecule has 1 N–H and O–H groups in total. The zero-order valence-corrected chi connectivity index (χ0v) is 11.0. The van der Waals surface area contributed by atoms with Gasteiger partial charge < -0.3 is 10.0 Å². The lowest BCUT2D eigenvalue weighted by Gasteiger charge is -2.27. The van der Waals surface area contributed by atoms with Crippen LogP contribution in [0.5, 0.6) is 0 Å². The van der Waals surface area contributed by atoms with Crippen LogP contribution in [0.1, 0.15) is 22.6 Å². The fourth-order valence-corrected chi connectivity index (χ4v) is 2.49. The molecule has 0 radical (unpaired) electrons. The highest BCUT2D eigenvalue weighted by atomic mass is 16.3. The lowest BCUT2D eigenvalue weighted by Crippen LogP contribution is -2.41. The van der Waals surface area contributed by atoms with E-state index in [2.05, 4.69) is 10.1 Å². The molecule has 0 aliphatic carbocycles. The van der Waals surface area contributed by atoms with Crippen LogP contribution in [-0.2, 0) is 13.1 Å². The van der Waals surface area contributed by atoms with Crippen LogP contribution in [0.2, 0.25) is 0 Å². The molecule has 0 aromatic carbocycles. The SMILES string of the molecule is O=C(c1ccccn1)N1Cc2ccnn2CCC1CO. The Kier molecular flexibility index (Phi) is 3.47. The molecule has 6 nitrogen and oxygen atoms in total. The molecular weight excluding hydrogens is 256 g/mol. The first-order chi connectivity index (χ1) is 9.79. The van der Waals surface area contributed by atoms with E-state index >= 15 is 0 Å². The molecule has 0 fully saturated rings. The van der Waals surface area contributed by atoms with Crippen molar-refractivity contribution in [2.75, 3.05) is 6.61 Å². The Morgan fingerprint density at radius 1 is 1.35 bits per heavy atom. The number of hydrogen-bond acceptors (Lipinski definition) is 4. The average molecular weight is 272 g/mol. The summed E-state index contributed by atoms with van der Waals surface area (Å²) >= 11 is 0. The van der Waals surface area contributed by atoms with Crippen LogP contribution in [-0.4, -0.2) is 43.3 Å². The van der Waals surface area contributed by atoms with E-state index in [-0.39, 0.29) is 18.6 Å². The number of nitrogens with zero attached hydrogens (tertiary/aromatic N) is 4. The van der Waals surface area contributed by atoms with Crippen molar-refractivity contribution in [1.29, 1.82) is 0 Å². The molecule has 104 valence electrons. The van der Waals surface area contributed by atoms with Gasteiger partial charge in [-0.1, -0.05) is 6.07 Å². The molecule has 1 unspecified atom stereocenters. The van der Waals surface area contributed by atoms with Crippen LogP contribution >= 0.6 is 0 Å². The molecule has 3 heterocycles. The van der Waals surface area contributed by atoms with E-state index in [4.69, 9.17) is 0 Å². The lowest BCUT2D eigenvalue weighted by atomic mass is 10.1. The highest BCUT2D eigenvalue weighted by Crippen LogP contribution is 2.19. The Labute approximate surface area is 116 Å². The van der Waals surface area contributed by atoms with Gasteiger partial charge in [0.2, 0.25) is 0 Å². The van der Waals surface area contributed by atoms with Crippen LogP contribution in [0.15, 0.2) is 36.7 Å². The van der Waals surface area contributed by atoms with Crippen molar-refractivity contribution in [1.82, 2.24) is 19.7 Å². The van der Waals surface area contributed by atoms with Gasteiger partial charge in [-0.3, -0.25) is 14.5 Å². The molecule has 1 aliphatic rings. The van der Waals surface area contributed by atoms with E-state index in [9.17, 15) is 9.90 Å². The largest absolute Gasteiger partial charge is 0.394 e. The summed E-state index contributed by atoms with van der Waals surface area (Å²) in [4.78, 5) is 18.4. The van der Waals surface area contributed by atoms with Gasteiger partial charge in [0.15, 0.2) is 0 Å². The van der Waals surface area contributed by atoms with E-state index < -0.39 is 0 Å². The van der Waals surface area contributed by atoms with Crippen LogP contribution in [0, 0.1) is 0 Å². The van der Waals surface area contributed by atoms with Crippen molar-refractivity contribution in [3.63, 3.8) is 0 Å². The normalized spacial score (nSPS) is 18.4. The summed E-state index contributed by atoms with van der Waals surface area (Å²) in [7, 11) is 0. The van der Waals surface area contributed by atoms with Gasteiger partial charge in [0.25, 0.3) is 5.91 Å². The predicted octanol–water partition coefficient (Wildman–Crippen LogP) is 0.685. The van der Waals surface area contributed by atoms with Crippen LogP contribution in [0.4, 0.5) is 0 Å². The van der Waals surface area contributed by atoms with E-state index in [1.54, 1.807) is 35.5 Å². The smallest absolute Gasteiger partial charge is 0.273 e. The Morgan fingerprint density at radius 3 is 3.00 bits per heavy atom. The number of carbonyl (C=O) groups excluding carboxylic acids is 1. The van der Waals surface area contributed by atoms with Crippen molar-refractivity contribution in [2.24, 2.45) is 0 Å². The van der Waals surface area contributed by atoms with Gasteiger partial charge in [-0.2, -0.15) is 5.10 Å². The highest BCUT2D eigenvalue weighted by molar-refractivity contribution is 5.92. The molecule has 1 atom stereocenters. The molecule has 2 aromatic rings. The molecule has 2 aromatic heterocycles. The molecule has 20 heavy (non-hydrogen) atoms. The second-order valence-corrected chi connectivity index (χ2v) is 4.82. The molecule has 3 rings (SSSR count). The minimum absolute atomic E-state index is 0.0522. The van der Waals surface area contributed by atoms with Gasteiger partial charge in [0, 0.05) is 18.9 Å². The molecule has 0 bridgehead atoms. The number of aromatic nitrogens is 3. The average Bonchev–Trinajstić information content (AvgIpc) is 2.87. The van der Waals surface area contributed by atoms with Crippen molar-refractivity contribution in [2.45, 2.75) is 25.6 Å². The van der Waals surface area contributed by atoms with Crippen molar-refractivity contribution < 1.29 is 9.90 Å². The number of amides is 1. The summed E-state index contributed by atoms with van der Waals surface area (Å²) in [5.41, 5.74) is 1.38. The molecule has 0 saturated heterocycles. The Morgan fingerprint density at radius 2 is 2.25 bits per heavy atom. The lowest BCUT2D eigenvalue weighted by molar-refractivity contribution is 0.0562. The second-order valence-electron chi connectivity index (χ2n) is 4.82. The van der Waals surface area contributed by atoms with Gasteiger partial charge in [-0.15, -0.1) is 0 Å². The third-order valence-electron chi connectivity index (χ3n) is 3.61. The molecule has 1 aliphatic heterocycles. The maximum atomic E-state index is 12.6. The van der Waals surface area contributed by atoms with Gasteiger partial charge in [-0.25, -0.2) is 0 Å². The Balaban J connectivity index is 1.91. The topological polar surface area (TPSA) is 71.2 Å². The molecule has 6 heteroatoms. The zero-order valence-electron chi connectivity index (χ0n) is 11.0. The number of hydrogen-bond donors (Lipinski definition) is 1. The Bertz CT molecular complexity index is 596. The van der Waals surface area contributed by atoms with Crippen LogP contribution in [0.25, 0.3) is 0 Å². The van der Waals surface area contributed by atoms with Crippen molar-refractivity contribution in [3.05, 3.63) is 48.0 Å². The summed E-state index contributed by atoms with van der Waals surface area (Å²) < 4.78 is 1.88. The first-order valence-electron chi connectivity index (χ1n) is 6.63. The Hall–Kier alpha value is -2.21. The molecule has 0 spiro atoms. The number of aliphatic hydroxyl groups is 1. The number of rotatable bonds is 2. The quantitative estimate of drug-likeness (QED) is 0.873. The molecule has 1 amide bonds. The van der Waals surface area contributed by atoms with Crippen LogP contribution < -0.4 is 0 Å². The van der Waals surface area contributed by atoms with Crippen molar-refractivity contribution in [3.8, 4) is 0 Å². The van der Waals surface area contributed by atoms with Gasteiger partial charge in [-0.05, 0) is 24.6 Å². The summed E-state index contributed by atoms with van der Waals surface area (Å²) in [6, 6.07) is 6.96. The molecule has 0 saturated carbocycles. The summed E-state index contributed by atoms with van der Waals surface area (Å²) in [5.74, 6) is -0.153. The van der Waals surface area contributed by atoms with Gasteiger partial charge in [0.1, 0.15) is 5.69 Å². The third-order valence-corrected chi connectivity index (χ3v) is 3.61. The minimum atomic E-state index is -0.203. The van der Waals surface area contributed by atoms with Gasteiger partial charge in [0.05, 0.1) is 24.9 Å². The fourth-order valence-electron chi connectivity index (χ4n) is 2.49. The van der Waals surface area contributed by atoms with Gasteiger partial charge >= 0.3 is 0 Å². The zero-order chi connectivity index (χ0) is 13.9. The highest BCUT2D eigenvalue weighted by Gasteiger charge is 2.28. The maximum absolute atomic E-state index is 12.6. The summed E-state index contributed by atoms with van der Waals surface area (Å²) in [5, 5.41) is 13.8. The number of aliphatic hydroxyl groups excluding tert-OH is 1. The monoisotopic (exact) mass is 272 g/mol. The number of fused-ring (bicyclic) bond motifs is 1. The maximum Gasteiger partial charge on any atom is 0.273 e. The summed E-state index contributed by atoms with van der Waals surface area (Å²) in [6.07, 6.45) is 4.02. The van der Waals surface area contributed by atoms with E-state index in [1.807, 2.05) is 10.7 Å². The standard InChI is InChI=1S/C14H16N4O2/c19-10-12-5-8-18-11(4-7-16-18)9-17(12)14(20)13-3-1-2-6-15-13/h1-4,6-7,12,19H,5,8-10H2. The molecular formula is C14H16N4O2.